The van der Waals surface area contributed by atoms with Crippen molar-refractivity contribution in [2.45, 2.75) is 52.9 Å². The van der Waals surface area contributed by atoms with E-state index in [4.69, 9.17) is 0 Å². The van der Waals surface area contributed by atoms with Gasteiger partial charge in [0.15, 0.2) is 0 Å². The van der Waals surface area contributed by atoms with Crippen LogP contribution in [-0.2, 0) is 4.79 Å². The third kappa shape index (κ3) is 2.82. The largest absolute Gasteiger partial charge is 0.291 e. The van der Waals surface area contributed by atoms with Gasteiger partial charge < -0.3 is 0 Å². The van der Waals surface area contributed by atoms with Gasteiger partial charge in [0, 0.05) is 5.92 Å². The van der Waals surface area contributed by atoms with Crippen molar-refractivity contribution in [3.63, 3.8) is 0 Å². The number of hydrogen-bond donors (Lipinski definition) is 0. The van der Waals surface area contributed by atoms with E-state index in [1.165, 1.54) is 32.1 Å². The van der Waals surface area contributed by atoms with E-state index in [2.05, 4.69) is 27.1 Å². The second kappa shape index (κ2) is 4.26. The fourth-order valence-electron chi connectivity index (χ4n) is 2.45. The molecule has 1 rings (SSSR count). The molecule has 13 heavy (non-hydrogen) atoms. The highest BCUT2D eigenvalue weighted by atomic mass is 16.1. The summed E-state index contributed by atoms with van der Waals surface area (Å²) >= 11 is 0. The molecular weight excluding hydrogens is 160 g/mol. The standard InChI is InChI=1S/C12H21O/c1-12(2,3)11(9-13)10-7-5-4-6-8-10/h10-11H,4-8H2,1-3H3. The molecule has 1 heteroatoms. The summed E-state index contributed by atoms with van der Waals surface area (Å²) in [7, 11) is 0. The molecule has 0 N–H and O–H groups in total. The Morgan fingerprint density at radius 1 is 1.15 bits per heavy atom. The number of hydrogen-bond acceptors (Lipinski definition) is 1. The topological polar surface area (TPSA) is 17.1 Å². The molecule has 0 aliphatic heterocycles. The van der Waals surface area contributed by atoms with Crippen molar-refractivity contribution in [2.75, 3.05) is 0 Å². The first-order valence-electron chi connectivity index (χ1n) is 5.43. The maximum atomic E-state index is 10.9. The van der Waals surface area contributed by atoms with E-state index in [0.29, 0.717) is 5.92 Å². The van der Waals surface area contributed by atoms with Crippen LogP contribution in [0.5, 0.6) is 0 Å². The Balaban J connectivity index is 2.59. The Bertz CT molecular complexity index is 160. The maximum absolute atomic E-state index is 10.9. The molecule has 1 atom stereocenters. The third-order valence-corrected chi connectivity index (χ3v) is 3.18. The summed E-state index contributed by atoms with van der Waals surface area (Å²) < 4.78 is 0. The van der Waals surface area contributed by atoms with Gasteiger partial charge in [-0.25, -0.2) is 0 Å². The fraction of sp³-hybridized carbons (Fsp3) is 0.917. The Kier molecular flexibility index (Phi) is 3.52. The Morgan fingerprint density at radius 2 is 1.69 bits per heavy atom. The molecule has 1 aliphatic rings. The van der Waals surface area contributed by atoms with Crippen LogP contribution in [0.3, 0.4) is 0 Å². The molecule has 1 nitrogen and oxygen atoms in total. The number of rotatable bonds is 2. The predicted octanol–water partition coefficient (Wildman–Crippen LogP) is 3.34. The first-order valence-corrected chi connectivity index (χ1v) is 5.43. The predicted molar refractivity (Wildman–Crippen MR) is 55.2 cm³/mol. The minimum absolute atomic E-state index is 0.101. The van der Waals surface area contributed by atoms with Crippen LogP contribution in [-0.4, -0.2) is 6.29 Å². The summed E-state index contributed by atoms with van der Waals surface area (Å²) in [5.41, 5.74) is 0.101. The number of carbonyl (C=O) groups excluding carboxylic acids is 1. The molecule has 1 unspecified atom stereocenters. The Morgan fingerprint density at radius 3 is 2.08 bits per heavy atom. The minimum atomic E-state index is 0.101. The summed E-state index contributed by atoms with van der Waals surface area (Å²) in [5.74, 6) is 0.749. The van der Waals surface area contributed by atoms with Gasteiger partial charge in [-0.1, -0.05) is 40.0 Å². The average Bonchev–Trinajstić information content (AvgIpc) is 2.05. The van der Waals surface area contributed by atoms with Crippen LogP contribution in [0, 0.1) is 17.3 Å². The molecule has 0 heterocycles. The van der Waals surface area contributed by atoms with E-state index in [1.807, 2.05) is 0 Å². The Hall–Kier alpha value is -0.330. The van der Waals surface area contributed by atoms with Gasteiger partial charge >= 0.3 is 0 Å². The van der Waals surface area contributed by atoms with Gasteiger partial charge in [0.1, 0.15) is 0 Å². The van der Waals surface area contributed by atoms with E-state index >= 15 is 0 Å². The van der Waals surface area contributed by atoms with Crippen molar-refractivity contribution >= 4 is 6.29 Å². The Labute approximate surface area is 81.9 Å². The summed E-state index contributed by atoms with van der Waals surface area (Å²) in [5, 5.41) is 0. The first-order chi connectivity index (χ1) is 6.05. The minimum Gasteiger partial charge on any atom is -0.291 e. The fourth-order valence-corrected chi connectivity index (χ4v) is 2.45. The zero-order valence-electron chi connectivity index (χ0n) is 9.10. The van der Waals surface area contributed by atoms with Crippen molar-refractivity contribution in [1.82, 2.24) is 0 Å². The van der Waals surface area contributed by atoms with Gasteiger partial charge in [0.05, 0.1) is 0 Å². The zero-order chi connectivity index (χ0) is 9.90. The van der Waals surface area contributed by atoms with Crippen LogP contribution in [0.15, 0.2) is 0 Å². The van der Waals surface area contributed by atoms with E-state index < -0.39 is 0 Å². The van der Waals surface area contributed by atoms with Crippen molar-refractivity contribution in [3.05, 3.63) is 0 Å². The molecule has 1 aliphatic carbocycles. The van der Waals surface area contributed by atoms with Crippen LogP contribution in [0.25, 0.3) is 0 Å². The molecule has 0 saturated heterocycles. The monoisotopic (exact) mass is 181 g/mol. The summed E-state index contributed by atoms with van der Waals surface area (Å²) in [6, 6.07) is 0. The van der Waals surface area contributed by atoms with Crippen molar-refractivity contribution < 1.29 is 4.79 Å². The highest BCUT2D eigenvalue weighted by Gasteiger charge is 2.33. The molecule has 1 fully saturated rings. The van der Waals surface area contributed by atoms with Gasteiger partial charge in [-0.3, -0.25) is 4.79 Å². The van der Waals surface area contributed by atoms with Gasteiger partial charge in [-0.15, -0.1) is 0 Å². The van der Waals surface area contributed by atoms with Crippen molar-refractivity contribution in [1.29, 1.82) is 0 Å². The van der Waals surface area contributed by atoms with Gasteiger partial charge in [-0.05, 0) is 24.2 Å². The normalized spacial score (nSPS) is 22.7. The lowest BCUT2D eigenvalue weighted by atomic mass is 9.69. The molecule has 0 amide bonds. The summed E-state index contributed by atoms with van der Waals surface area (Å²) in [6.45, 7) is 6.45. The second-order valence-corrected chi connectivity index (χ2v) is 5.36. The van der Waals surface area contributed by atoms with E-state index in [9.17, 15) is 4.79 Å². The van der Waals surface area contributed by atoms with Crippen LogP contribution in [0.4, 0.5) is 0 Å². The van der Waals surface area contributed by atoms with Crippen LogP contribution in [0.2, 0.25) is 0 Å². The molecule has 0 aromatic carbocycles. The van der Waals surface area contributed by atoms with Crippen molar-refractivity contribution in [2.24, 2.45) is 17.3 Å². The lowest BCUT2D eigenvalue weighted by Crippen LogP contribution is -2.30. The molecule has 0 spiro atoms. The van der Waals surface area contributed by atoms with Crippen LogP contribution in [0.1, 0.15) is 52.9 Å². The van der Waals surface area contributed by atoms with E-state index in [-0.39, 0.29) is 11.3 Å². The van der Waals surface area contributed by atoms with E-state index in [1.54, 1.807) is 0 Å². The van der Waals surface area contributed by atoms with Crippen LogP contribution >= 0.6 is 0 Å². The van der Waals surface area contributed by atoms with Gasteiger partial charge in [0.2, 0.25) is 6.29 Å². The van der Waals surface area contributed by atoms with E-state index in [0.717, 1.165) is 0 Å². The molecule has 0 aromatic heterocycles. The lowest BCUT2D eigenvalue weighted by molar-refractivity contribution is 0.178. The highest BCUT2D eigenvalue weighted by Crippen LogP contribution is 2.38. The molecule has 1 saturated carbocycles. The lowest BCUT2D eigenvalue weighted by Gasteiger charge is -2.34. The van der Waals surface area contributed by atoms with Crippen molar-refractivity contribution in [3.8, 4) is 0 Å². The summed E-state index contributed by atoms with van der Waals surface area (Å²) in [4.78, 5) is 10.9. The van der Waals surface area contributed by atoms with Crippen LogP contribution < -0.4 is 0 Å². The average molecular weight is 181 g/mol. The quantitative estimate of drug-likeness (QED) is 0.638. The van der Waals surface area contributed by atoms with Gasteiger partial charge in [0.25, 0.3) is 0 Å². The SMILES string of the molecule is CC(C)(C)C([C]=O)C1CCCCC1. The molecule has 1 radical (unpaired) electrons. The highest BCUT2D eigenvalue weighted by molar-refractivity contribution is 5.56. The zero-order valence-corrected chi connectivity index (χ0v) is 9.10. The third-order valence-electron chi connectivity index (χ3n) is 3.18. The van der Waals surface area contributed by atoms with Gasteiger partial charge in [-0.2, -0.15) is 0 Å². The second-order valence-electron chi connectivity index (χ2n) is 5.36. The molecule has 0 bridgehead atoms. The smallest absolute Gasteiger partial charge is 0.202 e. The maximum Gasteiger partial charge on any atom is 0.202 e. The first kappa shape index (κ1) is 10.7. The molecule has 75 valence electrons. The molecular formula is C12H21O. The molecule has 0 aromatic rings. The summed E-state index contributed by atoms with van der Waals surface area (Å²) in [6.07, 6.45) is 8.69.